The van der Waals surface area contributed by atoms with Crippen molar-refractivity contribution < 1.29 is 4.79 Å². The summed E-state index contributed by atoms with van der Waals surface area (Å²) in [5, 5.41) is 8.13. The standard InChI is InChI=1S/C13H22BrN3O/c1-10-8-11(16-17(10)4)12(18)15-9-13(2,3)6-5-7-14/h8H,5-7,9H2,1-4H3,(H,15,18). The van der Waals surface area contributed by atoms with E-state index in [1.807, 2.05) is 14.0 Å². The monoisotopic (exact) mass is 315 g/mol. The first kappa shape index (κ1) is 15.2. The Morgan fingerprint density at radius 1 is 1.56 bits per heavy atom. The van der Waals surface area contributed by atoms with Gasteiger partial charge in [-0.25, -0.2) is 0 Å². The molecule has 1 N–H and O–H groups in total. The van der Waals surface area contributed by atoms with Crippen LogP contribution in [-0.4, -0.2) is 27.6 Å². The predicted molar refractivity (Wildman–Crippen MR) is 77.1 cm³/mol. The number of nitrogens with one attached hydrogen (secondary N) is 1. The quantitative estimate of drug-likeness (QED) is 0.820. The highest BCUT2D eigenvalue weighted by atomic mass is 79.9. The minimum atomic E-state index is -0.0920. The molecule has 0 unspecified atom stereocenters. The van der Waals surface area contributed by atoms with E-state index in [1.54, 1.807) is 10.7 Å². The normalized spacial score (nSPS) is 11.6. The fourth-order valence-corrected chi connectivity index (χ4v) is 2.00. The molecule has 18 heavy (non-hydrogen) atoms. The van der Waals surface area contributed by atoms with Crippen LogP contribution in [-0.2, 0) is 7.05 Å². The lowest BCUT2D eigenvalue weighted by molar-refractivity contribution is 0.0929. The lowest BCUT2D eigenvalue weighted by Crippen LogP contribution is -2.34. The summed E-state index contributed by atoms with van der Waals surface area (Å²) >= 11 is 3.43. The molecule has 0 aromatic carbocycles. The van der Waals surface area contributed by atoms with Gasteiger partial charge >= 0.3 is 0 Å². The predicted octanol–water partition coefficient (Wildman–Crippen LogP) is 2.66. The average Bonchev–Trinajstić information content (AvgIpc) is 2.64. The zero-order valence-electron chi connectivity index (χ0n) is 11.6. The lowest BCUT2D eigenvalue weighted by atomic mass is 9.88. The zero-order chi connectivity index (χ0) is 13.8. The van der Waals surface area contributed by atoms with Gasteiger partial charge in [-0.3, -0.25) is 9.48 Å². The second-order valence-corrected chi connectivity index (χ2v) is 6.23. The third-order valence-electron chi connectivity index (χ3n) is 3.06. The van der Waals surface area contributed by atoms with Gasteiger partial charge < -0.3 is 5.32 Å². The van der Waals surface area contributed by atoms with Crippen LogP contribution >= 0.6 is 15.9 Å². The molecule has 1 aromatic heterocycles. The number of carbonyl (C=O) groups is 1. The Labute approximate surface area is 117 Å². The molecule has 1 heterocycles. The van der Waals surface area contributed by atoms with E-state index in [0.717, 1.165) is 23.9 Å². The van der Waals surface area contributed by atoms with E-state index in [1.165, 1.54) is 0 Å². The van der Waals surface area contributed by atoms with Gasteiger partial charge in [0.05, 0.1) is 0 Å². The molecular formula is C13H22BrN3O. The Morgan fingerprint density at radius 2 is 2.22 bits per heavy atom. The van der Waals surface area contributed by atoms with Crippen molar-refractivity contribution in [2.24, 2.45) is 12.5 Å². The summed E-state index contributed by atoms with van der Waals surface area (Å²) < 4.78 is 1.71. The van der Waals surface area contributed by atoms with Crippen molar-refractivity contribution in [3.63, 3.8) is 0 Å². The number of aromatic nitrogens is 2. The molecule has 0 aliphatic heterocycles. The Bertz CT molecular complexity index is 393. The molecule has 0 saturated carbocycles. The smallest absolute Gasteiger partial charge is 0.271 e. The highest BCUT2D eigenvalue weighted by Crippen LogP contribution is 2.21. The van der Waals surface area contributed by atoms with Crippen LogP contribution in [0.25, 0.3) is 0 Å². The van der Waals surface area contributed by atoms with Crippen LogP contribution < -0.4 is 5.32 Å². The Morgan fingerprint density at radius 3 is 2.72 bits per heavy atom. The Hall–Kier alpha value is -0.840. The van der Waals surface area contributed by atoms with Crippen LogP contribution in [0.4, 0.5) is 0 Å². The van der Waals surface area contributed by atoms with Gasteiger partial charge in [0.15, 0.2) is 0 Å². The molecule has 0 fully saturated rings. The van der Waals surface area contributed by atoms with Gasteiger partial charge in [-0.2, -0.15) is 5.10 Å². The number of hydrogen-bond donors (Lipinski definition) is 1. The highest BCUT2D eigenvalue weighted by Gasteiger charge is 2.19. The summed E-state index contributed by atoms with van der Waals surface area (Å²) in [5.41, 5.74) is 1.60. The maximum Gasteiger partial charge on any atom is 0.271 e. The highest BCUT2D eigenvalue weighted by molar-refractivity contribution is 9.09. The third kappa shape index (κ3) is 4.44. The molecule has 0 radical (unpaired) electrons. The largest absolute Gasteiger partial charge is 0.350 e. The summed E-state index contributed by atoms with van der Waals surface area (Å²) in [6.45, 7) is 6.94. The van der Waals surface area contributed by atoms with Gasteiger partial charge in [0.1, 0.15) is 5.69 Å². The molecule has 4 nitrogen and oxygen atoms in total. The van der Waals surface area contributed by atoms with Gasteiger partial charge in [0.25, 0.3) is 5.91 Å². The van der Waals surface area contributed by atoms with Crippen LogP contribution in [0.15, 0.2) is 6.07 Å². The average molecular weight is 316 g/mol. The van der Waals surface area contributed by atoms with E-state index in [2.05, 4.69) is 40.2 Å². The van der Waals surface area contributed by atoms with Crippen molar-refractivity contribution in [2.75, 3.05) is 11.9 Å². The number of amides is 1. The number of rotatable bonds is 6. The van der Waals surface area contributed by atoms with Crippen LogP contribution in [0.3, 0.4) is 0 Å². The number of halogens is 1. The van der Waals surface area contributed by atoms with Crippen LogP contribution in [0.1, 0.15) is 42.9 Å². The molecule has 0 bridgehead atoms. The van der Waals surface area contributed by atoms with E-state index >= 15 is 0 Å². The molecule has 0 saturated heterocycles. The first-order valence-corrected chi connectivity index (χ1v) is 7.33. The number of carbonyl (C=O) groups excluding carboxylic acids is 1. The summed E-state index contributed by atoms with van der Waals surface area (Å²) in [7, 11) is 1.84. The van der Waals surface area contributed by atoms with E-state index in [4.69, 9.17) is 0 Å². The summed E-state index contributed by atoms with van der Waals surface area (Å²) in [4.78, 5) is 11.9. The van der Waals surface area contributed by atoms with Crippen molar-refractivity contribution in [1.29, 1.82) is 0 Å². The van der Waals surface area contributed by atoms with Crippen molar-refractivity contribution in [3.05, 3.63) is 17.5 Å². The maximum absolute atomic E-state index is 11.9. The second-order valence-electron chi connectivity index (χ2n) is 5.43. The summed E-state index contributed by atoms with van der Waals surface area (Å²) in [6, 6.07) is 1.81. The lowest BCUT2D eigenvalue weighted by Gasteiger charge is -2.24. The van der Waals surface area contributed by atoms with Crippen molar-refractivity contribution >= 4 is 21.8 Å². The molecular weight excluding hydrogens is 294 g/mol. The maximum atomic E-state index is 11.9. The molecule has 1 aromatic rings. The van der Waals surface area contributed by atoms with Crippen LogP contribution in [0.2, 0.25) is 0 Å². The van der Waals surface area contributed by atoms with Gasteiger partial charge in [-0.1, -0.05) is 29.8 Å². The number of hydrogen-bond acceptors (Lipinski definition) is 2. The number of alkyl halides is 1. The minimum Gasteiger partial charge on any atom is -0.350 e. The SMILES string of the molecule is Cc1cc(C(=O)NCC(C)(C)CCCBr)nn1C. The second kappa shape index (κ2) is 6.36. The molecule has 0 aliphatic rings. The summed E-state index contributed by atoms with van der Waals surface area (Å²) in [5.74, 6) is -0.0920. The van der Waals surface area contributed by atoms with Gasteiger partial charge in [0.2, 0.25) is 0 Å². The van der Waals surface area contributed by atoms with E-state index in [0.29, 0.717) is 12.2 Å². The van der Waals surface area contributed by atoms with Crippen molar-refractivity contribution in [1.82, 2.24) is 15.1 Å². The molecule has 5 heteroatoms. The van der Waals surface area contributed by atoms with E-state index in [-0.39, 0.29) is 11.3 Å². The molecule has 1 amide bonds. The molecule has 1 rings (SSSR count). The fourth-order valence-electron chi connectivity index (χ4n) is 1.72. The first-order chi connectivity index (χ1) is 8.35. The fraction of sp³-hybridized carbons (Fsp3) is 0.692. The first-order valence-electron chi connectivity index (χ1n) is 6.20. The number of nitrogens with zero attached hydrogens (tertiary/aromatic N) is 2. The van der Waals surface area contributed by atoms with Crippen LogP contribution in [0.5, 0.6) is 0 Å². The third-order valence-corrected chi connectivity index (χ3v) is 3.62. The van der Waals surface area contributed by atoms with Gasteiger partial charge in [-0.15, -0.1) is 0 Å². The molecule has 102 valence electrons. The van der Waals surface area contributed by atoms with Crippen LogP contribution in [0, 0.1) is 12.3 Å². The van der Waals surface area contributed by atoms with Gasteiger partial charge in [-0.05, 0) is 31.2 Å². The summed E-state index contributed by atoms with van der Waals surface area (Å²) in [6.07, 6.45) is 2.20. The Kier molecular flexibility index (Phi) is 5.38. The van der Waals surface area contributed by atoms with Crippen molar-refractivity contribution in [2.45, 2.75) is 33.6 Å². The topological polar surface area (TPSA) is 46.9 Å². The molecule has 0 spiro atoms. The zero-order valence-corrected chi connectivity index (χ0v) is 13.2. The number of aryl methyl sites for hydroxylation is 2. The van der Waals surface area contributed by atoms with E-state index < -0.39 is 0 Å². The minimum absolute atomic E-state index is 0.0920. The van der Waals surface area contributed by atoms with E-state index in [9.17, 15) is 4.79 Å². The molecule has 0 aliphatic carbocycles. The molecule has 0 atom stereocenters. The van der Waals surface area contributed by atoms with Gasteiger partial charge in [0, 0.05) is 24.6 Å². The Balaban J connectivity index is 2.50. The van der Waals surface area contributed by atoms with Crippen molar-refractivity contribution in [3.8, 4) is 0 Å².